The van der Waals surface area contributed by atoms with Crippen LogP contribution < -0.4 is 5.32 Å². The Bertz CT molecular complexity index is 1030. The molecule has 32 heavy (non-hydrogen) atoms. The van der Waals surface area contributed by atoms with E-state index in [-0.39, 0.29) is 22.8 Å². The second kappa shape index (κ2) is 9.02. The third-order valence-corrected chi connectivity index (χ3v) is 6.76. The Morgan fingerprint density at radius 3 is 2.81 bits per heavy atom. The molecule has 1 amide bonds. The van der Waals surface area contributed by atoms with Crippen molar-refractivity contribution in [1.82, 2.24) is 15.1 Å². The van der Waals surface area contributed by atoms with Crippen LogP contribution in [0.2, 0.25) is 0 Å². The number of ether oxygens (including phenoxy) is 1. The van der Waals surface area contributed by atoms with Gasteiger partial charge in [0, 0.05) is 26.3 Å². The summed E-state index contributed by atoms with van der Waals surface area (Å²) in [7, 11) is 0. The molecular formula is C24H30FN3O4. The number of nitrogens with one attached hydrogen (secondary N) is 1. The lowest BCUT2D eigenvalue weighted by molar-refractivity contribution is 0.0152. The van der Waals surface area contributed by atoms with Crippen LogP contribution in [0.4, 0.5) is 4.39 Å². The molecule has 8 heteroatoms. The van der Waals surface area contributed by atoms with Crippen LogP contribution in [0.1, 0.15) is 64.4 Å². The Labute approximate surface area is 187 Å². The fraction of sp³-hybridized carbons (Fsp3) is 0.542. The van der Waals surface area contributed by atoms with Crippen LogP contribution in [0.3, 0.4) is 0 Å². The van der Waals surface area contributed by atoms with Gasteiger partial charge >= 0.3 is 5.97 Å². The number of amides is 1. The summed E-state index contributed by atoms with van der Waals surface area (Å²) >= 11 is 0. The predicted octanol–water partition coefficient (Wildman–Crippen LogP) is 3.24. The summed E-state index contributed by atoms with van der Waals surface area (Å²) in [4.78, 5) is 24.5. The van der Waals surface area contributed by atoms with Gasteiger partial charge in [0.2, 0.25) is 0 Å². The molecule has 172 valence electrons. The van der Waals surface area contributed by atoms with Gasteiger partial charge in [-0.25, -0.2) is 9.18 Å². The van der Waals surface area contributed by atoms with Gasteiger partial charge < -0.3 is 15.2 Å². The minimum absolute atomic E-state index is 0.000518. The largest absolute Gasteiger partial charge is 0.478 e. The molecule has 2 aliphatic rings. The van der Waals surface area contributed by atoms with Crippen molar-refractivity contribution in [1.29, 1.82) is 0 Å². The first-order chi connectivity index (χ1) is 15.3. The average molecular weight is 444 g/mol. The van der Waals surface area contributed by atoms with E-state index in [0.29, 0.717) is 50.3 Å². The Morgan fingerprint density at radius 1 is 1.38 bits per heavy atom. The predicted molar refractivity (Wildman–Crippen MR) is 116 cm³/mol. The molecule has 3 heterocycles. The second-order valence-electron chi connectivity index (χ2n) is 9.19. The number of aryl methyl sites for hydroxylation is 1. The summed E-state index contributed by atoms with van der Waals surface area (Å²) in [6.07, 6.45) is 3.59. The van der Waals surface area contributed by atoms with Crippen LogP contribution in [0.15, 0.2) is 18.2 Å². The van der Waals surface area contributed by atoms with Crippen LogP contribution >= 0.6 is 0 Å². The van der Waals surface area contributed by atoms with E-state index in [1.807, 2.05) is 18.5 Å². The molecule has 2 N–H and O–H groups in total. The monoisotopic (exact) mass is 443 g/mol. The topological polar surface area (TPSA) is 93.5 Å². The van der Waals surface area contributed by atoms with Crippen LogP contribution in [-0.4, -0.2) is 46.5 Å². The van der Waals surface area contributed by atoms with E-state index in [9.17, 15) is 19.1 Å². The molecule has 1 saturated heterocycles. The van der Waals surface area contributed by atoms with Crippen LogP contribution in [-0.2, 0) is 30.5 Å². The lowest BCUT2D eigenvalue weighted by Crippen LogP contribution is -2.40. The number of halogens is 1. The molecule has 1 spiro atoms. The van der Waals surface area contributed by atoms with Gasteiger partial charge in [-0.2, -0.15) is 5.10 Å². The molecule has 0 bridgehead atoms. The van der Waals surface area contributed by atoms with E-state index < -0.39 is 11.8 Å². The Hall–Kier alpha value is -2.74. The molecule has 7 nitrogen and oxygen atoms in total. The zero-order chi connectivity index (χ0) is 22.9. The fourth-order valence-corrected chi connectivity index (χ4v) is 5.00. The highest BCUT2D eigenvalue weighted by molar-refractivity contribution is 5.97. The number of carboxylic acids is 1. The highest BCUT2D eigenvalue weighted by atomic mass is 19.1. The van der Waals surface area contributed by atoms with Gasteiger partial charge in [0.05, 0.1) is 22.5 Å². The van der Waals surface area contributed by atoms with E-state index >= 15 is 0 Å². The maximum atomic E-state index is 13.8. The fourth-order valence-electron chi connectivity index (χ4n) is 5.00. The van der Waals surface area contributed by atoms with E-state index in [1.165, 1.54) is 18.2 Å². The smallest absolute Gasteiger partial charge is 0.335 e. The number of benzene rings is 1. The molecular weight excluding hydrogens is 413 g/mol. The summed E-state index contributed by atoms with van der Waals surface area (Å²) in [6.45, 7) is 6.52. The normalized spacial score (nSPS) is 18.7. The molecule has 2 aromatic rings. The van der Waals surface area contributed by atoms with E-state index in [0.717, 1.165) is 30.7 Å². The zero-order valence-corrected chi connectivity index (χ0v) is 18.6. The highest BCUT2D eigenvalue weighted by Gasteiger charge is 2.39. The molecule has 0 unspecified atom stereocenters. The molecule has 4 rings (SSSR count). The molecule has 0 saturated carbocycles. The maximum Gasteiger partial charge on any atom is 0.335 e. The number of aromatic carboxylic acids is 1. The molecule has 1 aromatic heterocycles. The summed E-state index contributed by atoms with van der Waals surface area (Å²) in [5.74, 6) is -1.58. The summed E-state index contributed by atoms with van der Waals surface area (Å²) in [5.41, 5.74) is 2.96. The van der Waals surface area contributed by atoms with Gasteiger partial charge in [-0.05, 0) is 67.2 Å². The Kier molecular flexibility index (Phi) is 6.33. The minimum atomic E-state index is -1.06. The van der Waals surface area contributed by atoms with Gasteiger partial charge in [0.1, 0.15) is 5.82 Å². The van der Waals surface area contributed by atoms with Crippen molar-refractivity contribution >= 4 is 11.9 Å². The highest BCUT2D eigenvalue weighted by Crippen LogP contribution is 2.37. The first-order valence-corrected chi connectivity index (χ1v) is 11.3. The van der Waals surface area contributed by atoms with Crippen molar-refractivity contribution < 1.29 is 23.8 Å². The van der Waals surface area contributed by atoms with Gasteiger partial charge in [-0.1, -0.05) is 13.8 Å². The second-order valence-corrected chi connectivity index (χ2v) is 9.19. The number of carboxylic acid groups (broad SMARTS) is 1. The number of carbonyl (C=O) groups is 2. The quantitative estimate of drug-likeness (QED) is 0.715. The van der Waals surface area contributed by atoms with Gasteiger partial charge in [0.15, 0.2) is 0 Å². The number of carbonyl (C=O) groups excluding carboxylic acids is 1. The third kappa shape index (κ3) is 4.41. The number of nitrogens with zero attached hydrogens (tertiary/aromatic N) is 2. The Balaban J connectivity index is 1.63. The number of hydrogen-bond donors (Lipinski definition) is 2. The molecule has 0 aliphatic carbocycles. The summed E-state index contributed by atoms with van der Waals surface area (Å²) in [5, 5.41) is 17.3. The number of fused-ring (bicyclic) bond motifs is 1. The van der Waals surface area contributed by atoms with E-state index in [1.54, 1.807) is 0 Å². The zero-order valence-electron chi connectivity index (χ0n) is 18.6. The first kappa shape index (κ1) is 22.5. The van der Waals surface area contributed by atoms with Crippen molar-refractivity contribution in [2.24, 2.45) is 11.3 Å². The average Bonchev–Trinajstić information content (AvgIpc) is 3.02. The van der Waals surface area contributed by atoms with Crippen LogP contribution in [0, 0.1) is 17.2 Å². The summed E-state index contributed by atoms with van der Waals surface area (Å²) in [6, 6.07) is 3.78. The molecule has 1 fully saturated rings. The molecule has 1 aromatic carbocycles. The standard InChI is InChI=1S/C24H30FN3O4/c1-3-19-21-20(12-24(14-26-22(21)29)6-8-32-9-7-24)28(27-19)13-15(2)10-16-11-17(25)4-5-18(16)23(30)31/h4-5,11,15H,3,6-10,12-14H2,1-2H3,(H,26,29)(H,30,31)/t15-/m1/s1. The van der Waals surface area contributed by atoms with Gasteiger partial charge in [-0.15, -0.1) is 0 Å². The number of aromatic nitrogens is 2. The van der Waals surface area contributed by atoms with Crippen molar-refractivity contribution in [2.75, 3.05) is 19.8 Å². The van der Waals surface area contributed by atoms with Crippen molar-refractivity contribution in [2.45, 2.75) is 52.5 Å². The SMILES string of the molecule is CCc1nn(C[C@H](C)Cc2cc(F)ccc2C(=O)O)c2c1C(=O)NCC1(CCOCC1)C2. The number of rotatable bonds is 6. The molecule has 1 atom stereocenters. The molecule has 2 aliphatic heterocycles. The first-order valence-electron chi connectivity index (χ1n) is 11.3. The van der Waals surface area contributed by atoms with Crippen LogP contribution in [0.5, 0.6) is 0 Å². The minimum Gasteiger partial charge on any atom is -0.478 e. The molecule has 0 radical (unpaired) electrons. The van der Waals surface area contributed by atoms with Crippen molar-refractivity contribution in [3.05, 3.63) is 52.1 Å². The van der Waals surface area contributed by atoms with Crippen LogP contribution in [0.25, 0.3) is 0 Å². The lowest BCUT2D eigenvalue weighted by atomic mass is 9.76. The van der Waals surface area contributed by atoms with Crippen molar-refractivity contribution in [3.8, 4) is 0 Å². The summed E-state index contributed by atoms with van der Waals surface area (Å²) < 4.78 is 21.3. The Morgan fingerprint density at radius 2 is 2.12 bits per heavy atom. The van der Waals surface area contributed by atoms with E-state index in [4.69, 9.17) is 9.84 Å². The van der Waals surface area contributed by atoms with Gasteiger partial charge in [0.25, 0.3) is 5.91 Å². The number of hydrogen-bond acceptors (Lipinski definition) is 4. The van der Waals surface area contributed by atoms with E-state index in [2.05, 4.69) is 5.32 Å². The third-order valence-electron chi connectivity index (χ3n) is 6.76. The maximum absolute atomic E-state index is 13.8. The lowest BCUT2D eigenvalue weighted by Gasteiger charge is -2.36. The van der Waals surface area contributed by atoms with Crippen molar-refractivity contribution in [3.63, 3.8) is 0 Å². The van der Waals surface area contributed by atoms with Gasteiger partial charge in [-0.3, -0.25) is 9.48 Å².